The summed E-state index contributed by atoms with van der Waals surface area (Å²) in [4.78, 5) is 38.7. The van der Waals surface area contributed by atoms with Gasteiger partial charge in [0.25, 0.3) is 5.91 Å². The maximum absolute atomic E-state index is 13.4. The third kappa shape index (κ3) is 4.03. The molecular formula is C19H23FN2O4. The van der Waals surface area contributed by atoms with Crippen LogP contribution >= 0.6 is 0 Å². The van der Waals surface area contributed by atoms with Gasteiger partial charge in [0.2, 0.25) is 5.91 Å². The van der Waals surface area contributed by atoms with Gasteiger partial charge in [0.15, 0.2) is 6.10 Å². The first-order valence-corrected chi connectivity index (χ1v) is 9.04. The smallest absolute Gasteiger partial charge is 0.314 e. The van der Waals surface area contributed by atoms with E-state index in [1.807, 2.05) is 0 Å². The van der Waals surface area contributed by atoms with Crippen molar-refractivity contribution in [2.24, 2.45) is 0 Å². The first kappa shape index (κ1) is 18.4. The molecule has 0 saturated carbocycles. The van der Waals surface area contributed by atoms with Gasteiger partial charge in [-0.2, -0.15) is 0 Å². The third-order valence-electron chi connectivity index (χ3n) is 4.90. The van der Waals surface area contributed by atoms with Crippen molar-refractivity contribution in [2.45, 2.75) is 51.0 Å². The molecule has 1 fully saturated rings. The van der Waals surface area contributed by atoms with Crippen LogP contribution in [0, 0.1) is 5.82 Å². The van der Waals surface area contributed by atoms with Crippen molar-refractivity contribution in [1.82, 2.24) is 4.90 Å². The maximum Gasteiger partial charge on any atom is 0.314 e. The molecule has 2 aliphatic rings. The predicted octanol–water partition coefficient (Wildman–Crippen LogP) is 2.59. The van der Waals surface area contributed by atoms with Gasteiger partial charge in [-0.1, -0.05) is 18.9 Å². The molecule has 1 saturated heterocycles. The van der Waals surface area contributed by atoms with Crippen molar-refractivity contribution >= 4 is 23.5 Å². The molecule has 0 spiro atoms. The largest absolute Gasteiger partial charge is 0.452 e. The summed E-state index contributed by atoms with van der Waals surface area (Å²) in [5.41, 5.74) is 0.778. The number of likely N-dealkylation sites (tertiary alicyclic amines) is 1. The lowest BCUT2D eigenvalue weighted by Gasteiger charge is -2.27. The van der Waals surface area contributed by atoms with Crippen LogP contribution in [0.15, 0.2) is 18.2 Å². The Morgan fingerprint density at radius 3 is 2.62 bits per heavy atom. The molecule has 1 N–H and O–H groups in total. The van der Waals surface area contributed by atoms with Crippen LogP contribution in [0.4, 0.5) is 10.1 Å². The van der Waals surface area contributed by atoms with E-state index in [9.17, 15) is 18.8 Å². The summed E-state index contributed by atoms with van der Waals surface area (Å²) in [6.45, 7) is 2.91. The number of benzene rings is 1. The van der Waals surface area contributed by atoms with Crippen molar-refractivity contribution in [3.63, 3.8) is 0 Å². The van der Waals surface area contributed by atoms with Gasteiger partial charge in [-0.15, -0.1) is 0 Å². The van der Waals surface area contributed by atoms with Crippen molar-refractivity contribution in [3.05, 3.63) is 29.6 Å². The van der Waals surface area contributed by atoms with Gasteiger partial charge in [0, 0.05) is 25.2 Å². The van der Waals surface area contributed by atoms with Gasteiger partial charge in [-0.3, -0.25) is 14.4 Å². The number of hydrogen-bond donors (Lipinski definition) is 1. The van der Waals surface area contributed by atoms with Crippen LogP contribution < -0.4 is 5.32 Å². The highest BCUT2D eigenvalue weighted by atomic mass is 19.1. The number of nitrogens with zero attached hydrogens (tertiary/aromatic N) is 1. The Kier molecular flexibility index (Phi) is 5.54. The molecular weight excluding hydrogens is 339 g/mol. The lowest BCUT2D eigenvalue weighted by Crippen LogP contribution is -2.41. The molecule has 2 aliphatic heterocycles. The first-order chi connectivity index (χ1) is 12.5. The Morgan fingerprint density at radius 2 is 1.92 bits per heavy atom. The molecule has 6 nitrogen and oxygen atoms in total. The average molecular weight is 362 g/mol. The summed E-state index contributed by atoms with van der Waals surface area (Å²) in [5, 5.41) is 2.56. The van der Waals surface area contributed by atoms with Crippen LogP contribution in [0.2, 0.25) is 0 Å². The van der Waals surface area contributed by atoms with E-state index in [0.29, 0.717) is 18.7 Å². The molecule has 0 aliphatic carbocycles. The number of ether oxygens (including phenoxy) is 1. The normalized spacial score (nSPS) is 21.2. The second kappa shape index (κ2) is 7.85. The first-order valence-electron chi connectivity index (χ1n) is 9.04. The van der Waals surface area contributed by atoms with Crippen molar-refractivity contribution < 1.29 is 23.5 Å². The number of esters is 1. The molecule has 0 radical (unpaired) electrons. The lowest BCUT2D eigenvalue weighted by molar-refractivity contribution is -0.160. The molecule has 0 aromatic heterocycles. The van der Waals surface area contributed by atoms with E-state index in [-0.39, 0.29) is 23.9 Å². The molecule has 2 amide bonds. The summed E-state index contributed by atoms with van der Waals surface area (Å²) in [6.07, 6.45) is 3.12. The number of carbonyl (C=O) groups is 3. The Balaban J connectivity index is 1.69. The number of rotatable bonds is 3. The minimum Gasteiger partial charge on any atom is -0.452 e. The highest BCUT2D eigenvalue weighted by Crippen LogP contribution is 2.33. The Hall–Kier alpha value is -2.44. The number of nitrogens with one attached hydrogen (secondary N) is 1. The van der Waals surface area contributed by atoms with Crippen LogP contribution in [0.5, 0.6) is 0 Å². The molecule has 2 atom stereocenters. The topological polar surface area (TPSA) is 75.7 Å². The van der Waals surface area contributed by atoms with Gasteiger partial charge >= 0.3 is 5.97 Å². The van der Waals surface area contributed by atoms with Gasteiger partial charge in [0.05, 0.1) is 5.92 Å². The SMILES string of the molecule is CC(OC(=O)C1CC(=O)Nc2cc(F)ccc21)C(=O)N1CCCCCC1. The monoisotopic (exact) mass is 362 g/mol. The highest BCUT2D eigenvalue weighted by molar-refractivity contribution is 6.00. The van der Waals surface area contributed by atoms with Gasteiger partial charge in [-0.25, -0.2) is 4.39 Å². The molecule has 2 heterocycles. The third-order valence-corrected chi connectivity index (χ3v) is 4.90. The average Bonchev–Trinajstić information content (AvgIpc) is 2.89. The van der Waals surface area contributed by atoms with Crippen LogP contribution in [-0.4, -0.2) is 41.9 Å². The Bertz CT molecular complexity index is 713. The summed E-state index contributed by atoms with van der Waals surface area (Å²) >= 11 is 0. The van der Waals surface area contributed by atoms with E-state index in [2.05, 4.69) is 5.32 Å². The van der Waals surface area contributed by atoms with Gasteiger partial charge in [0.1, 0.15) is 5.82 Å². The number of carbonyl (C=O) groups excluding carboxylic acids is 3. The maximum atomic E-state index is 13.4. The van der Waals surface area contributed by atoms with Crippen molar-refractivity contribution in [3.8, 4) is 0 Å². The summed E-state index contributed by atoms with van der Waals surface area (Å²) < 4.78 is 18.8. The molecule has 2 unspecified atom stereocenters. The molecule has 26 heavy (non-hydrogen) atoms. The molecule has 140 valence electrons. The molecule has 3 rings (SSSR count). The van der Waals surface area contributed by atoms with Gasteiger partial charge in [-0.05, 0) is 37.5 Å². The number of amides is 2. The number of fused-ring (bicyclic) bond motifs is 1. The second-order valence-corrected chi connectivity index (χ2v) is 6.86. The lowest BCUT2D eigenvalue weighted by atomic mass is 9.90. The summed E-state index contributed by atoms with van der Waals surface area (Å²) in [5.74, 6) is -2.55. The number of halogens is 1. The number of anilines is 1. The van der Waals surface area contributed by atoms with Crippen LogP contribution in [0.1, 0.15) is 50.5 Å². The van der Waals surface area contributed by atoms with E-state index in [1.54, 1.807) is 11.8 Å². The van der Waals surface area contributed by atoms with E-state index < -0.39 is 23.8 Å². The minimum atomic E-state index is -0.908. The van der Waals surface area contributed by atoms with Crippen molar-refractivity contribution in [2.75, 3.05) is 18.4 Å². The zero-order chi connectivity index (χ0) is 18.7. The summed E-state index contributed by atoms with van der Waals surface area (Å²) in [6, 6.07) is 3.89. The molecule has 1 aromatic rings. The highest BCUT2D eigenvalue weighted by Gasteiger charge is 2.34. The van der Waals surface area contributed by atoms with Crippen LogP contribution in [0.3, 0.4) is 0 Å². The predicted molar refractivity (Wildman–Crippen MR) is 93.0 cm³/mol. The van der Waals surface area contributed by atoms with Gasteiger partial charge < -0.3 is 15.0 Å². The summed E-state index contributed by atoms with van der Waals surface area (Å²) in [7, 11) is 0. The molecule has 1 aromatic carbocycles. The van der Waals surface area contributed by atoms with Crippen molar-refractivity contribution in [1.29, 1.82) is 0 Å². The fraction of sp³-hybridized carbons (Fsp3) is 0.526. The van der Waals surface area contributed by atoms with Crippen LogP contribution in [0.25, 0.3) is 0 Å². The minimum absolute atomic E-state index is 0.0813. The standard InChI is InChI=1S/C19H23FN2O4/c1-12(18(24)22-8-4-2-3-5-9-22)26-19(25)15-11-17(23)21-16-10-13(20)6-7-14(15)16/h6-7,10,12,15H,2-5,8-9,11H2,1H3,(H,21,23). The molecule has 0 bridgehead atoms. The zero-order valence-corrected chi connectivity index (χ0v) is 14.8. The van der Waals surface area contributed by atoms with Crippen LogP contribution in [-0.2, 0) is 19.1 Å². The quantitative estimate of drug-likeness (QED) is 0.839. The van der Waals surface area contributed by atoms with E-state index in [4.69, 9.17) is 4.74 Å². The number of hydrogen-bond acceptors (Lipinski definition) is 4. The Morgan fingerprint density at radius 1 is 1.23 bits per heavy atom. The second-order valence-electron chi connectivity index (χ2n) is 6.86. The van der Waals surface area contributed by atoms with E-state index in [1.165, 1.54) is 18.2 Å². The molecule has 7 heteroatoms. The van der Waals surface area contributed by atoms with E-state index >= 15 is 0 Å². The Labute approximate surface area is 151 Å². The van der Waals surface area contributed by atoms with E-state index in [0.717, 1.165) is 25.7 Å². The fourth-order valence-electron chi connectivity index (χ4n) is 3.50. The fourth-order valence-corrected chi connectivity index (χ4v) is 3.50. The zero-order valence-electron chi connectivity index (χ0n) is 14.8.